The molecule has 0 amide bonds. The Morgan fingerprint density at radius 2 is 1.84 bits per heavy atom. The smallest absolute Gasteiger partial charge is 0.135 e. The number of hydrogen-bond acceptors (Lipinski definition) is 3. The summed E-state index contributed by atoms with van der Waals surface area (Å²) in [6.07, 6.45) is 4.58. The van der Waals surface area contributed by atoms with E-state index in [0.717, 1.165) is 36.6 Å². The van der Waals surface area contributed by atoms with Gasteiger partial charge in [-0.15, -0.1) is 0 Å². The summed E-state index contributed by atoms with van der Waals surface area (Å²) < 4.78 is 6.05. The van der Waals surface area contributed by atoms with Crippen LogP contribution in [0, 0.1) is 0 Å². The van der Waals surface area contributed by atoms with Crippen molar-refractivity contribution in [2.24, 2.45) is 0 Å². The van der Waals surface area contributed by atoms with E-state index in [1.54, 1.807) is 6.20 Å². The van der Waals surface area contributed by atoms with Crippen molar-refractivity contribution in [3.05, 3.63) is 53.9 Å². The number of rotatable bonds is 6. The summed E-state index contributed by atoms with van der Waals surface area (Å²) in [4.78, 5) is 4.16. The van der Waals surface area contributed by atoms with Crippen molar-refractivity contribution in [3.8, 4) is 11.5 Å². The lowest BCUT2D eigenvalue weighted by atomic mass is 10.1. The van der Waals surface area contributed by atoms with Crippen LogP contribution < -0.4 is 10.1 Å². The molecule has 1 aromatic heterocycles. The monoisotopic (exact) mass is 256 g/mol. The van der Waals surface area contributed by atoms with Crippen molar-refractivity contribution in [1.82, 2.24) is 10.3 Å². The Morgan fingerprint density at radius 1 is 1.05 bits per heavy atom. The summed E-state index contributed by atoms with van der Waals surface area (Å²) in [7, 11) is 0. The van der Waals surface area contributed by atoms with Crippen LogP contribution in [0.5, 0.6) is 11.5 Å². The number of para-hydroxylation sites is 1. The van der Waals surface area contributed by atoms with E-state index in [1.807, 2.05) is 30.5 Å². The molecule has 19 heavy (non-hydrogen) atoms. The van der Waals surface area contributed by atoms with Crippen LogP contribution in [0.15, 0.2) is 42.7 Å². The maximum Gasteiger partial charge on any atom is 0.135 e. The largest absolute Gasteiger partial charge is 0.457 e. The zero-order valence-corrected chi connectivity index (χ0v) is 11.5. The fourth-order valence-corrected chi connectivity index (χ4v) is 1.92. The van der Waals surface area contributed by atoms with Gasteiger partial charge in [0.1, 0.15) is 11.5 Å². The molecule has 0 aliphatic carbocycles. The molecule has 2 rings (SSSR count). The molecule has 0 atom stereocenters. The topological polar surface area (TPSA) is 34.2 Å². The van der Waals surface area contributed by atoms with E-state index < -0.39 is 0 Å². The normalized spacial score (nSPS) is 10.4. The van der Waals surface area contributed by atoms with Crippen molar-refractivity contribution in [2.45, 2.75) is 26.8 Å². The van der Waals surface area contributed by atoms with Crippen LogP contribution in [0.1, 0.15) is 25.0 Å². The molecule has 0 fully saturated rings. The van der Waals surface area contributed by atoms with Crippen LogP contribution >= 0.6 is 0 Å². The van der Waals surface area contributed by atoms with Crippen LogP contribution in [0.4, 0.5) is 0 Å². The summed E-state index contributed by atoms with van der Waals surface area (Å²) >= 11 is 0. The highest BCUT2D eigenvalue weighted by molar-refractivity contribution is 5.40. The lowest BCUT2D eigenvalue weighted by Gasteiger charge is -2.13. The zero-order valence-electron chi connectivity index (χ0n) is 11.5. The Hall–Kier alpha value is -1.87. The molecule has 0 saturated heterocycles. The summed E-state index contributed by atoms with van der Waals surface area (Å²) in [6.45, 7) is 5.92. The van der Waals surface area contributed by atoms with Gasteiger partial charge < -0.3 is 10.1 Å². The van der Waals surface area contributed by atoms with Crippen molar-refractivity contribution >= 4 is 0 Å². The van der Waals surface area contributed by atoms with Gasteiger partial charge in [-0.25, -0.2) is 0 Å². The first kappa shape index (κ1) is 13.6. The maximum absolute atomic E-state index is 6.05. The number of pyridine rings is 1. The van der Waals surface area contributed by atoms with Crippen LogP contribution in [-0.4, -0.2) is 11.5 Å². The van der Waals surface area contributed by atoms with Gasteiger partial charge >= 0.3 is 0 Å². The first-order chi connectivity index (χ1) is 9.35. The fourth-order valence-electron chi connectivity index (χ4n) is 1.92. The Bertz CT molecular complexity index is 526. The average molecular weight is 256 g/mol. The van der Waals surface area contributed by atoms with Gasteiger partial charge in [0.2, 0.25) is 0 Å². The van der Waals surface area contributed by atoms with Gasteiger partial charge in [0.05, 0.1) is 0 Å². The highest BCUT2D eigenvalue weighted by Gasteiger charge is 2.07. The van der Waals surface area contributed by atoms with Crippen molar-refractivity contribution in [1.29, 1.82) is 0 Å². The van der Waals surface area contributed by atoms with Crippen LogP contribution in [-0.2, 0) is 13.0 Å². The van der Waals surface area contributed by atoms with E-state index in [2.05, 4.69) is 30.2 Å². The zero-order chi connectivity index (χ0) is 13.5. The van der Waals surface area contributed by atoms with E-state index in [0.29, 0.717) is 0 Å². The summed E-state index contributed by atoms with van der Waals surface area (Å²) in [6, 6.07) is 10.1. The van der Waals surface area contributed by atoms with Gasteiger partial charge in [0.15, 0.2) is 0 Å². The van der Waals surface area contributed by atoms with Gasteiger partial charge in [0.25, 0.3) is 0 Å². The molecule has 1 heterocycles. The highest BCUT2D eigenvalue weighted by Crippen LogP contribution is 2.27. The number of ether oxygens (including phenoxy) is 1. The lowest BCUT2D eigenvalue weighted by Crippen LogP contribution is -2.12. The van der Waals surface area contributed by atoms with Crippen LogP contribution in [0.25, 0.3) is 0 Å². The third-order valence-electron chi connectivity index (χ3n) is 3.00. The van der Waals surface area contributed by atoms with Gasteiger partial charge in [-0.05, 0) is 30.7 Å². The Balaban J connectivity index is 2.22. The minimum atomic E-state index is 0.772. The van der Waals surface area contributed by atoms with Crippen LogP contribution in [0.3, 0.4) is 0 Å². The minimum absolute atomic E-state index is 0.772. The number of nitrogens with one attached hydrogen (secondary N) is 1. The highest BCUT2D eigenvalue weighted by atomic mass is 16.5. The predicted octanol–water partition coefficient (Wildman–Crippen LogP) is 3.55. The van der Waals surface area contributed by atoms with Crippen LogP contribution in [0.2, 0.25) is 0 Å². The van der Waals surface area contributed by atoms with E-state index in [-0.39, 0.29) is 0 Å². The molecule has 0 bridgehead atoms. The maximum atomic E-state index is 6.05. The molecule has 1 aromatic carbocycles. The number of benzene rings is 1. The van der Waals surface area contributed by atoms with E-state index >= 15 is 0 Å². The Morgan fingerprint density at radius 3 is 2.63 bits per heavy atom. The number of nitrogens with zero attached hydrogens (tertiary/aromatic N) is 1. The molecular weight excluding hydrogens is 236 g/mol. The van der Waals surface area contributed by atoms with E-state index in [9.17, 15) is 0 Å². The molecule has 2 aromatic rings. The van der Waals surface area contributed by atoms with E-state index in [4.69, 9.17) is 4.74 Å². The summed E-state index contributed by atoms with van der Waals surface area (Å²) in [5.41, 5.74) is 2.30. The van der Waals surface area contributed by atoms with Crippen molar-refractivity contribution in [2.75, 3.05) is 6.54 Å². The molecule has 0 aliphatic heterocycles. The molecule has 0 aliphatic rings. The molecule has 100 valence electrons. The van der Waals surface area contributed by atoms with Gasteiger partial charge in [-0.2, -0.15) is 0 Å². The lowest BCUT2D eigenvalue weighted by molar-refractivity contribution is 0.467. The molecule has 0 spiro atoms. The SMILES string of the molecule is CCNCc1cnccc1Oc1ccccc1CC. The standard InChI is InChI=1S/C16H20N2O/c1-3-13-7-5-6-8-15(13)19-16-9-10-18-12-14(16)11-17-4-2/h5-10,12,17H,3-4,11H2,1-2H3. The number of aryl methyl sites for hydroxylation is 1. The molecule has 1 N–H and O–H groups in total. The first-order valence-corrected chi connectivity index (χ1v) is 6.74. The third-order valence-corrected chi connectivity index (χ3v) is 3.00. The van der Waals surface area contributed by atoms with Crippen molar-refractivity contribution < 1.29 is 4.74 Å². The van der Waals surface area contributed by atoms with Gasteiger partial charge in [-0.1, -0.05) is 32.0 Å². The van der Waals surface area contributed by atoms with Gasteiger partial charge in [-0.3, -0.25) is 4.98 Å². The second-order valence-electron chi connectivity index (χ2n) is 4.33. The first-order valence-electron chi connectivity index (χ1n) is 6.74. The Labute approximate surface area is 114 Å². The van der Waals surface area contributed by atoms with Crippen molar-refractivity contribution in [3.63, 3.8) is 0 Å². The summed E-state index contributed by atoms with van der Waals surface area (Å²) in [5.74, 6) is 1.80. The number of hydrogen-bond donors (Lipinski definition) is 1. The third kappa shape index (κ3) is 3.55. The molecule has 3 heteroatoms. The minimum Gasteiger partial charge on any atom is -0.457 e. The Kier molecular flexibility index (Phi) is 4.93. The molecular formula is C16H20N2O. The fraction of sp³-hybridized carbons (Fsp3) is 0.312. The predicted molar refractivity (Wildman–Crippen MR) is 77.5 cm³/mol. The molecule has 0 unspecified atom stereocenters. The summed E-state index contributed by atoms with van der Waals surface area (Å²) in [5, 5.41) is 3.30. The van der Waals surface area contributed by atoms with Gasteiger partial charge in [0, 0.05) is 24.5 Å². The molecule has 0 saturated carbocycles. The second kappa shape index (κ2) is 6.90. The average Bonchev–Trinajstić information content (AvgIpc) is 2.47. The van der Waals surface area contributed by atoms with E-state index in [1.165, 1.54) is 5.56 Å². The molecule has 3 nitrogen and oxygen atoms in total. The molecule has 0 radical (unpaired) electrons. The number of aromatic nitrogens is 1. The second-order valence-corrected chi connectivity index (χ2v) is 4.33. The quantitative estimate of drug-likeness (QED) is 0.858.